The fraction of sp³-hybridized carbons (Fsp3) is 0.355. The molecule has 6 rings (SSSR count). The van der Waals surface area contributed by atoms with Crippen molar-refractivity contribution in [2.45, 2.75) is 30.8 Å². The van der Waals surface area contributed by atoms with Gasteiger partial charge in [-0.15, -0.1) is 0 Å². The number of nitrogens with one attached hydrogen (secondary N) is 1. The van der Waals surface area contributed by atoms with Gasteiger partial charge < -0.3 is 24.6 Å². The predicted molar refractivity (Wildman–Crippen MR) is 152 cm³/mol. The second-order valence-electron chi connectivity index (χ2n) is 10.8. The van der Waals surface area contributed by atoms with Gasteiger partial charge in [0.15, 0.2) is 0 Å². The van der Waals surface area contributed by atoms with Crippen molar-refractivity contribution in [3.05, 3.63) is 89.6 Å². The Morgan fingerprint density at radius 3 is 2.60 bits per heavy atom. The number of ether oxygens (including phenoxy) is 1. The molecular weight excluding hydrogens is 509 g/mol. The number of hydrogen-bond donors (Lipinski definition) is 2. The minimum absolute atomic E-state index is 0.215. The molecule has 2 amide bonds. The maximum atomic E-state index is 13.8. The number of carbonyl (C=O) groups is 1. The first-order valence-corrected chi connectivity index (χ1v) is 13.7. The minimum atomic E-state index is -0.531. The quantitative estimate of drug-likeness (QED) is 0.377. The van der Waals surface area contributed by atoms with Gasteiger partial charge in [0, 0.05) is 54.6 Å². The first-order valence-electron chi connectivity index (χ1n) is 13.7. The summed E-state index contributed by atoms with van der Waals surface area (Å²) >= 11 is 0. The number of pyridine rings is 1. The molecule has 2 aliphatic rings. The molecule has 0 radical (unpaired) electrons. The smallest absolute Gasteiger partial charge is 0.322 e. The summed E-state index contributed by atoms with van der Waals surface area (Å²) in [7, 11) is 3.65. The topological polar surface area (TPSA) is 82.9 Å². The highest BCUT2D eigenvalue weighted by atomic mass is 19.1. The van der Waals surface area contributed by atoms with E-state index in [1.54, 1.807) is 24.1 Å². The summed E-state index contributed by atoms with van der Waals surface area (Å²) in [6.07, 6.45) is 3.54. The molecular formula is C31H34FN5O3. The second kappa shape index (κ2) is 10.6. The molecule has 4 heterocycles. The molecule has 1 saturated heterocycles. The van der Waals surface area contributed by atoms with E-state index < -0.39 is 6.04 Å². The molecule has 0 unspecified atom stereocenters. The van der Waals surface area contributed by atoms with Crippen LogP contribution in [0.3, 0.4) is 0 Å². The van der Waals surface area contributed by atoms with Gasteiger partial charge in [-0.2, -0.15) is 0 Å². The maximum absolute atomic E-state index is 13.8. The van der Waals surface area contributed by atoms with Crippen molar-refractivity contribution in [2.75, 3.05) is 38.7 Å². The summed E-state index contributed by atoms with van der Waals surface area (Å²) in [5, 5.41) is 14.7. The van der Waals surface area contributed by atoms with Gasteiger partial charge in [0.05, 0.1) is 31.0 Å². The minimum Gasteiger partial charge on any atom is -0.497 e. The standard InChI is InChI=1S/C31H34FN5O3/c1-35-26-17-24(40-2)10-11-25(26)28-29(35)27(19-38)37(30(39)34-22-8-6-21(32)7-9-22)20-31(28)12-15-36(16-13-31)18-23-5-3-4-14-33-23/h3-11,14,17,27,38H,12-13,15-16,18-20H2,1-2H3,(H,34,39)/t27-/m0/s1. The van der Waals surface area contributed by atoms with E-state index in [0.717, 1.165) is 60.5 Å². The third-order valence-corrected chi connectivity index (χ3v) is 8.60. The van der Waals surface area contributed by atoms with Crippen LogP contribution in [0, 0.1) is 5.82 Å². The molecule has 208 valence electrons. The zero-order valence-electron chi connectivity index (χ0n) is 22.8. The molecule has 0 saturated carbocycles. The van der Waals surface area contributed by atoms with Gasteiger partial charge in [-0.05, 0) is 80.0 Å². The molecule has 2 aliphatic heterocycles. The molecule has 40 heavy (non-hydrogen) atoms. The van der Waals surface area contributed by atoms with Gasteiger partial charge in [-0.1, -0.05) is 6.07 Å². The zero-order valence-corrected chi connectivity index (χ0v) is 22.8. The Bertz CT molecular complexity index is 1510. The van der Waals surface area contributed by atoms with Gasteiger partial charge >= 0.3 is 6.03 Å². The van der Waals surface area contributed by atoms with Gasteiger partial charge in [0.1, 0.15) is 11.6 Å². The van der Waals surface area contributed by atoms with E-state index in [-0.39, 0.29) is 23.9 Å². The number of rotatable bonds is 5. The summed E-state index contributed by atoms with van der Waals surface area (Å²) in [4.78, 5) is 22.4. The van der Waals surface area contributed by atoms with Crippen LogP contribution in [0.4, 0.5) is 14.9 Å². The maximum Gasteiger partial charge on any atom is 0.322 e. The lowest BCUT2D eigenvalue weighted by Crippen LogP contribution is -2.56. The highest BCUT2D eigenvalue weighted by molar-refractivity contribution is 5.92. The average molecular weight is 544 g/mol. The summed E-state index contributed by atoms with van der Waals surface area (Å²) in [5.74, 6) is 0.396. The van der Waals surface area contributed by atoms with Crippen molar-refractivity contribution in [3.63, 3.8) is 0 Å². The fourth-order valence-corrected chi connectivity index (χ4v) is 6.57. The number of fused-ring (bicyclic) bond motifs is 4. The zero-order chi connectivity index (χ0) is 27.9. The van der Waals surface area contributed by atoms with Crippen molar-refractivity contribution in [3.8, 4) is 5.75 Å². The Balaban J connectivity index is 1.39. The van der Waals surface area contributed by atoms with E-state index in [1.807, 2.05) is 37.5 Å². The highest BCUT2D eigenvalue weighted by Gasteiger charge is 2.49. The van der Waals surface area contributed by atoms with E-state index in [1.165, 1.54) is 17.7 Å². The Morgan fingerprint density at radius 2 is 1.93 bits per heavy atom. The molecule has 2 aromatic heterocycles. The van der Waals surface area contributed by atoms with Crippen LogP contribution in [0.1, 0.15) is 35.8 Å². The number of benzene rings is 2. The number of aryl methyl sites for hydroxylation is 1. The Morgan fingerprint density at radius 1 is 1.15 bits per heavy atom. The van der Waals surface area contributed by atoms with E-state index in [9.17, 15) is 14.3 Å². The lowest BCUT2D eigenvalue weighted by atomic mass is 9.68. The van der Waals surface area contributed by atoms with Crippen LogP contribution in [0.5, 0.6) is 5.75 Å². The van der Waals surface area contributed by atoms with Gasteiger partial charge in [0.25, 0.3) is 0 Å². The molecule has 8 nitrogen and oxygen atoms in total. The summed E-state index contributed by atoms with van der Waals surface area (Å²) in [5.41, 5.74) is 4.43. The molecule has 1 fully saturated rings. The summed E-state index contributed by atoms with van der Waals surface area (Å²) < 4.78 is 21.1. The molecule has 2 N–H and O–H groups in total. The molecule has 2 aromatic carbocycles. The van der Waals surface area contributed by atoms with Crippen LogP contribution in [0.15, 0.2) is 66.9 Å². The lowest BCUT2D eigenvalue weighted by Gasteiger charge is -2.50. The fourth-order valence-electron chi connectivity index (χ4n) is 6.57. The number of anilines is 1. The Hall–Kier alpha value is -3.95. The van der Waals surface area contributed by atoms with Gasteiger partial charge in [-0.3, -0.25) is 9.88 Å². The normalized spacial score (nSPS) is 18.6. The van der Waals surface area contributed by atoms with E-state index in [4.69, 9.17) is 4.74 Å². The summed E-state index contributed by atoms with van der Waals surface area (Å²) in [6.45, 7) is 2.76. The van der Waals surface area contributed by atoms with Crippen molar-refractivity contribution in [1.82, 2.24) is 19.4 Å². The molecule has 1 spiro atoms. The first-order chi connectivity index (χ1) is 19.4. The Kier molecular flexibility index (Phi) is 6.93. The third-order valence-electron chi connectivity index (χ3n) is 8.60. The number of piperidine rings is 1. The van der Waals surface area contributed by atoms with Crippen LogP contribution in [0.2, 0.25) is 0 Å². The third kappa shape index (κ3) is 4.59. The molecule has 0 aliphatic carbocycles. The second-order valence-corrected chi connectivity index (χ2v) is 10.8. The predicted octanol–water partition coefficient (Wildman–Crippen LogP) is 4.84. The first kappa shape index (κ1) is 26.3. The molecule has 0 bridgehead atoms. The Labute approximate surface area is 233 Å². The van der Waals surface area contributed by atoms with Crippen LogP contribution in [-0.2, 0) is 19.0 Å². The van der Waals surface area contributed by atoms with Crippen LogP contribution < -0.4 is 10.1 Å². The van der Waals surface area contributed by atoms with Crippen molar-refractivity contribution in [1.29, 1.82) is 0 Å². The van der Waals surface area contributed by atoms with E-state index in [2.05, 4.69) is 31.9 Å². The lowest BCUT2D eigenvalue weighted by molar-refractivity contribution is 0.0689. The monoisotopic (exact) mass is 543 g/mol. The van der Waals surface area contributed by atoms with Crippen molar-refractivity contribution >= 4 is 22.6 Å². The average Bonchev–Trinajstić information content (AvgIpc) is 3.28. The van der Waals surface area contributed by atoms with Crippen molar-refractivity contribution in [2.24, 2.45) is 7.05 Å². The number of carbonyl (C=O) groups excluding carboxylic acids is 1. The number of nitrogens with zero attached hydrogens (tertiary/aromatic N) is 4. The number of aliphatic hydroxyl groups is 1. The highest BCUT2D eigenvalue weighted by Crippen LogP contribution is 2.50. The number of likely N-dealkylation sites (tertiary alicyclic amines) is 1. The number of methoxy groups -OCH3 is 1. The largest absolute Gasteiger partial charge is 0.497 e. The van der Waals surface area contributed by atoms with Gasteiger partial charge in [0.2, 0.25) is 0 Å². The van der Waals surface area contributed by atoms with Crippen LogP contribution in [-0.4, -0.2) is 63.8 Å². The van der Waals surface area contributed by atoms with E-state index >= 15 is 0 Å². The number of aromatic nitrogens is 2. The van der Waals surface area contributed by atoms with E-state index in [0.29, 0.717) is 12.2 Å². The van der Waals surface area contributed by atoms with Gasteiger partial charge in [-0.25, -0.2) is 9.18 Å². The molecule has 9 heteroatoms. The number of amides is 2. The van der Waals surface area contributed by atoms with Crippen molar-refractivity contribution < 1.29 is 19.0 Å². The SMILES string of the molecule is COc1ccc2c3c(n(C)c2c1)[C@H](CO)N(C(=O)Nc1ccc(F)cc1)CC31CCN(Cc2ccccn2)CC1. The van der Waals surface area contributed by atoms with Crippen LogP contribution >= 0.6 is 0 Å². The van der Waals surface area contributed by atoms with Crippen LogP contribution in [0.25, 0.3) is 10.9 Å². The number of hydrogen-bond acceptors (Lipinski definition) is 5. The summed E-state index contributed by atoms with van der Waals surface area (Å²) in [6, 6.07) is 17.0. The number of urea groups is 1. The number of halogens is 1. The number of aliphatic hydroxyl groups excluding tert-OH is 1. The molecule has 1 atom stereocenters. The molecule has 4 aromatic rings.